The molecule has 0 fully saturated rings. The monoisotopic (exact) mass is 270 g/mol. The van der Waals surface area contributed by atoms with Crippen molar-refractivity contribution < 1.29 is 0 Å². The highest BCUT2D eigenvalue weighted by Crippen LogP contribution is 2.15. The molecule has 0 spiro atoms. The molecular formula is C16H15ClN2. The Hall–Kier alpha value is -2.11. The zero-order chi connectivity index (χ0) is 14.1. The molecule has 96 valence electrons. The van der Waals surface area contributed by atoms with Crippen LogP contribution in [0.5, 0.6) is 0 Å². The van der Waals surface area contributed by atoms with Crippen molar-refractivity contribution in [1.82, 2.24) is 0 Å². The van der Waals surface area contributed by atoms with Crippen LogP contribution < -0.4 is 0 Å². The molecule has 0 saturated heterocycles. The van der Waals surface area contributed by atoms with Crippen LogP contribution >= 0.6 is 11.6 Å². The van der Waals surface area contributed by atoms with Crippen LogP contribution in [-0.2, 0) is 0 Å². The van der Waals surface area contributed by atoms with Crippen LogP contribution in [0.4, 0.5) is 5.69 Å². The molecule has 2 aromatic rings. The van der Waals surface area contributed by atoms with Crippen LogP contribution in [0.15, 0.2) is 59.6 Å². The fraction of sp³-hybridized carbons (Fsp3) is 0.125. The maximum absolute atomic E-state index is 8.69. The van der Waals surface area contributed by atoms with Gasteiger partial charge in [-0.3, -0.25) is 0 Å². The number of hydrogen-bond acceptors (Lipinski definition) is 2. The molecular weight excluding hydrogens is 256 g/mol. The van der Waals surface area contributed by atoms with Gasteiger partial charge >= 0.3 is 0 Å². The Bertz CT molecular complexity index is 566. The summed E-state index contributed by atoms with van der Waals surface area (Å²) in [4.78, 5) is 4.28. The van der Waals surface area contributed by atoms with E-state index in [0.29, 0.717) is 10.7 Å². The van der Waals surface area contributed by atoms with Crippen molar-refractivity contribution in [2.75, 3.05) is 0 Å². The third-order valence-corrected chi connectivity index (χ3v) is 2.54. The normalized spacial score (nSPS) is 10.1. The molecule has 0 aliphatic rings. The quantitative estimate of drug-likeness (QED) is 0.715. The highest BCUT2D eigenvalue weighted by Gasteiger charge is 2.00. The molecule has 0 aliphatic heterocycles. The molecule has 0 aromatic heterocycles. The lowest BCUT2D eigenvalue weighted by Gasteiger charge is -1.99. The summed E-state index contributed by atoms with van der Waals surface area (Å²) in [5, 5.41) is 9.11. The maximum atomic E-state index is 8.69. The fourth-order valence-corrected chi connectivity index (χ4v) is 1.59. The highest BCUT2D eigenvalue weighted by molar-refractivity contribution is 6.69. The molecule has 0 unspecified atom stereocenters. The number of benzene rings is 2. The van der Waals surface area contributed by atoms with Gasteiger partial charge in [0.2, 0.25) is 0 Å². The van der Waals surface area contributed by atoms with E-state index >= 15 is 0 Å². The second-order valence-electron chi connectivity index (χ2n) is 3.43. The van der Waals surface area contributed by atoms with Gasteiger partial charge in [-0.25, -0.2) is 4.99 Å². The molecule has 19 heavy (non-hydrogen) atoms. The SMILES string of the molecule is CC.N#Cc1ccc(C(Cl)=Nc2ccccc2)cc1. The summed E-state index contributed by atoms with van der Waals surface area (Å²) in [6, 6.07) is 18.6. The van der Waals surface area contributed by atoms with Crippen molar-refractivity contribution in [2.45, 2.75) is 13.8 Å². The molecule has 2 nitrogen and oxygen atoms in total. The third-order valence-electron chi connectivity index (χ3n) is 2.24. The van der Waals surface area contributed by atoms with Gasteiger partial charge in [0.15, 0.2) is 0 Å². The second kappa shape index (κ2) is 8.07. The van der Waals surface area contributed by atoms with Crippen molar-refractivity contribution in [2.24, 2.45) is 4.99 Å². The first-order chi connectivity index (χ1) is 9.29. The number of para-hydroxylation sites is 1. The molecule has 0 aliphatic carbocycles. The molecule has 0 N–H and O–H groups in total. The van der Waals surface area contributed by atoms with Crippen molar-refractivity contribution in [3.8, 4) is 6.07 Å². The van der Waals surface area contributed by atoms with E-state index in [4.69, 9.17) is 16.9 Å². The van der Waals surface area contributed by atoms with Gasteiger partial charge in [-0.15, -0.1) is 0 Å². The van der Waals surface area contributed by atoms with Crippen molar-refractivity contribution in [1.29, 1.82) is 5.26 Å². The predicted molar refractivity (Wildman–Crippen MR) is 81.0 cm³/mol. The van der Waals surface area contributed by atoms with Crippen LogP contribution in [0.1, 0.15) is 25.0 Å². The zero-order valence-electron chi connectivity index (χ0n) is 11.0. The lowest BCUT2D eigenvalue weighted by Crippen LogP contribution is -1.90. The smallest absolute Gasteiger partial charge is 0.136 e. The van der Waals surface area contributed by atoms with Crippen molar-refractivity contribution in [3.63, 3.8) is 0 Å². The number of aliphatic imine (C=N–C) groups is 1. The predicted octanol–water partition coefficient (Wildman–Crippen LogP) is 4.90. The van der Waals surface area contributed by atoms with E-state index in [0.717, 1.165) is 11.3 Å². The Kier molecular flexibility index (Phi) is 6.35. The summed E-state index contributed by atoms with van der Waals surface area (Å²) >= 11 is 6.10. The van der Waals surface area contributed by atoms with E-state index in [1.165, 1.54) is 0 Å². The van der Waals surface area contributed by atoms with Gasteiger partial charge in [-0.2, -0.15) is 5.26 Å². The van der Waals surface area contributed by atoms with Gasteiger partial charge in [0.1, 0.15) is 5.17 Å². The number of hydrogen-bond donors (Lipinski definition) is 0. The topological polar surface area (TPSA) is 36.1 Å². The first kappa shape index (κ1) is 14.9. The summed E-state index contributed by atoms with van der Waals surface area (Å²) in [7, 11) is 0. The molecule has 0 atom stereocenters. The number of rotatable bonds is 2. The van der Waals surface area contributed by atoms with E-state index in [1.807, 2.05) is 44.2 Å². The molecule has 0 bridgehead atoms. The summed E-state index contributed by atoms with van der Waals surface area (Å²) in [6.45, 7) is 4.00. The first-order valence-electron chi connectivity index (χ1n) is 6.09. The van der Waals surface area contributed by atoms with E-state index in [1.54, 1.807) is 24.3 Å². The standard InChI is InChI=1S/C14H9ClN2.C2H6/c15-14(17-13-4-2-1-3-5-13)12-8-6-11(10-16)7-9-12;1-2/h1-9H;1-2H3. The minimum Gasteiger partial charge on any atom is -0.236 e. The Morgan fingerprint density at radius 1 is 1.00 bits per heavy atom. The zero-order valence-corrected chi connectivity index (χ0v) is 11.7. The summed E-state index contributed by atoms with van der Waals surface area (Å²) < 4.78 is 0. The van der Waals surface area contributed by atoms with Crippen LogP contribution in [0.2, 0.25) is 0 Å². The van der Waals surface area contributed by atoms with Gasteiger partial charge in [-0.1, -0.05) is 55.8 Å². The van der Waals surface area contributed by atoms with Gasteiger partial charge < -0.3 is 0 Å². The van der Waals surface area contributed by atoms with Crippen LogP contribution in [0.25, 0.3) is 0 Å². The Balaban J connectivity index is 0.000000861. The maximum Gasteiger partial charge on any atom is 0.136 e. The molecule has 0 saturated carbocycles. The Labute approximate surface area is 119 Å². The number of nitrogens with zero attached hydrogens (tertiary/aromatic N) is 2. The Morgan fingerprint density at radius 2 is 1.58 bits per heavy atom. The molecule has 2 aromatic carbocycles. The van der Waals surface area contributed by atoms with Gasteiger partial charge in [0, 0.05) is 5.56 Å². The summed E-state index contributed by atoms with van der Waals surface area (Å²) in [5.74, 6) is 0. The average Bonchev–Trinajstić information content (AvgIpc) is 2.50. The number of nitriles is 1. The lowest BCUT2D eigenvalue weighted by atomic mass is 10.1. The minimum atomic E-state index is 0.417. The van der Waals surface area contributed by atoms with Gasteiger partial charge in [0.25, 0.3) is 0 Å². The van der Waals surface area contributed by atoms with Gasteiger partial charge in [0.05, 0.1) is 17.3 Å². The average molecular weight is 271 g/mol. The summed E-state index contributed by atoms with van der Waals surface area (Å²) in [5.41, 5.74) is 2.22. The second-order valence-corrected chi connectivity index (χ2v) is 3.79. The first-order valence-corrected chi connectivity index (χ1v) is 6.47. The van der Waals surface area contributed by atoms with Crippen LogP contribution in [0.3, 0.4) is 0 Å². The number of halogens is 1. The Morgan fingerprint density at radius 3 is 2.11 bits per heavy atom. The fourth-order valence-electron chi connectivity index (χ4n) is 1.36. The molecule has 2 rings (SSSR count). The largest absolute Gasteiger partial charge is 0.236 e. The molecule has 3 heteroatoms. The van der Waals surface area contributed by atoms with E-state index < -0.39 is 0 Å². The van der Waals surface area contributed by atoms with Gasteiger partial charge in [-0.05, 0) is 24.3 Å². The minimum absolute atomic E-state index is 0.417. The summed E-state index contributed by atoms with van der Waals surface area (Å²) in [6.07, 6.45) is 0. The van der Waals surface area contributed by atoms with E-state index in [9.17, 15) is 0 Å². The molecule has 0 amide bonds. The van der Waals surface area contributed by atoms with Crippen molar-refractivity contribution in [3.05, 3.63) is 65.7 Å². The lowest BCUT2D eigenvalue weighted by molar-refractivity contribution is 1.47. The molecule has 0 heterocycles. The van der Waals surface area contributed by atoms with E-state index in [2.05, 4.69) is 11.1 Å². The van der Waals surface area contributed by atoms with Crippen LogP contribution in [0, 0.1) is 11.3 Å². The van der Waals surface area contributed by atoms with Crippen LogP contribution in [-0.4, -0.2) is 5.17 Å². The van der Waals surface area contributed by atoms with Crippen molar-refractivity contribution >= 4 is 22.5 Å². The van der Waals surface area contributed by atoms with E-state index in [-0.39, 0.29) is 0 Å². The third kappa shape index (κ3) is 4.57. The molecule has 0 radical (unpaired) electrons. The highest BCUT2D eigenvalue weighted by atomic mass is 35.5.